The molecule has 0 saturated heterocycles. The second kappa shape index (κ2) is 9.65. The van der Waals surface area contributed by atoms with Crippen LogP contribution in [0.4, 0.5) is 0 Å². The van der Waals surface area contributed by atoms with E-state index in [9.17, 15) is 0 Å². The third kappa shape index (κ3) is 4.25. The minimum absolute atomic E-state index is 0.456. The van der Waals surface area contributed by atoms with Crippen molar-refractivity contribution in [1.82, 2.24) is 0 Å². The monoisotopic (exact) mass is 594 g/mol. The molecule has 6 rings (SSSR count). The lowest BCUT2D eigenvalue weighted by Gasteiger charge is -2.21. The fraction of sp³-hybridized carbons (Fsp3) is 0.176. The highest BCUT2D eigenvalue weighted by atomic mass is 79.9. The number of benzene rings is 4. The zero-order valence-electron chi connectivity index (χ0n) is 20.6. The van der Waals surface area contributed by atoms with Crippen LogP contribution < -0.4 is 0 Å². The maximum atomic E-state index is 3.88. The highest BCUT2D eigenvalue weighted by molar-refractivity contribution is 9.10. The van der Waals surface area contributed by atoms with Crippen LogP contribution in [0.1, 0.15) is 60.8 Å². The Morgan fingerprint density at radius 3 is 1.31 bits per heavy atom. The molecule has 2 heteroatoms. The second-order valence-corrected chi connectivity index (χ2v) is 11.8. The molecule has 0 aliphatic heterocycles. The van der Waals surface area contributed by atoms with Crippen LogP contribution in [0.2, 0.25) is 0 Å². The van der Waals surface area contributed by atoms with E-state index in [2.05, 4.69) is 143 Å². The Balaban J connectivity index is 1.30. The summed E-state index contributed by atoms with van der Waals surface area (Å²) in [6.45, 7) is 4.60. The number of rotatable bonds is 5. The van der Waals surface area contributed by atoms with Gasteiger partial charge in [0.15, 0.2) is 0 Å². The third-order valence-corrected chi connectivity index (χ3v) is 9.19. The Labute approximate surface area is 231 Å². The standard InChI is InChI=1S/C34H28Br2/c1-21-15-31-29(17-25(19-33(31)35)23-9-5-3-6-10-23)27(21)13-14-28-22(2)16-32-30(28)18-26(20-34(32)36)24-11-7-4-8-12-24/h3-12,15-20,27-28H,13-14H2,1-2H3. The van der Waals surface area contributed by atoms with Crippen molar-refractivity contribution in [3.05, 3.63) is 127 Å². The van der Waals surface area contributed by atoms with Gasteiger partial charge in [0, 0.05) is 20.8 Å². The van der Waals surface area contributed by atoms with Crippen LogP contribution in [0.15, 0.2) is 105 Å². The molecular weight excluding hydrogens is 568 g/mol. The van der Waals surface area contributed by atoms with Gasteiger partial charge in [-0.25, -0.2) is 0 Å². The summed E-state index contributed by atoms with van der Waals surface area (Å²) in [5.74, 6) is 0.912. The summed E-state index contributed by atoms with van der Waals surface area (Å²) >= 11 is 7.76. The molecule has 2 unspecified atom stereocenters. The quantitative estimate of drug-likeness (QED) is 0.215. The molecule has 2 aliphatic carbocycles. The smallest absolute Gasteiger partial charge is 0.0256 e. The number of hydrogen-bond acceptors (Lipinski definition) is 0. The lowest BCUT2D eigenvalue weighted by Crippen LogP contribution is -2.04. The first kappa shape index (κ1) is 23.7. The largest absolute Gasteiger partial charge is 0.0652 e. The molecule has 0 heterocycles. The van der Waals surface area contributed by atoms with E-state index < -0.39 is 0 Å². The van der Waals surface area contributed by atoms with Crippen molar-refractivity contribution in [2.75, 3.05) is 0 Å². The summed E-state index contributed by atoms with van der Waals surface area (Å²) in [5.41, 5.74) is 13.7. The van der Waals surface area contributed by atoms with Crippen LogP contribution >= 0.6 is 31.9 Å². The molecule has 0 radical (unpaired) electrons. The maximum Gasteiger partial charge on any atom is 0.0256 e. The zero-order chi connectivity index (χ0) is 24.8. The minimum Gasteiger partial charge on any atom is -0.0652 e. The van der Waals surface area contributed by atoms with Gasteiger partial charge in [0.1, 0.15) is 0 Å². The molecule has 2 atom stereocenters. The van der Waals surface area contributed by atoms with E-state index in [0.29, 0.717) is 11.8 Å². The first-order valence-corrected chi connectivity index (χ1v) is 14.2. The van der Waals surface area contributed by atoms with Crippen LogP contribution in [-0.4, -0.2) is 0 Å². The van der Waals surface area contributed by atoms with Crippen molar-refractivity contribution >= 4 is 44.0 Å². The lowest BCUT2D eigenvalue weighted by atomic mass is 9.83. The summed E-state index contributed by atoms with van der Waals surface area (Å²) in [6, 6.07) is 30.8. The van der Waals surface area contributed by atoms with Crippen LogP contribution in [0.5, 0.6) is 0 Å². The molecule has 0 nitrogen and oxygen atoms in total. The highest BCUT2D eigenvalue weighted by Gasteiger charge is 2.29. The van der Waals surface area contributed by atoms with Gasteiger partial charge in [-0.15, -0.1) is 0 Å². The van der Waals surface area contributed by atoms with E-state index in [1.165, 1.54) is 64.6 Å². The van der Waals surface area contributed by atoms with Gasteiger partial charge in [-0.05, 0) is 95.5 Å². The summed E-state index contributed by atoms with van der Waals surface area (Å²) in [5, 5.41) is 0. The fourth-order valence-electron chi connectivity index (χ4n) is 6.00. The van der Waals surface area contributed by atoms with Gasteiger partial charge in [-0.3, -0.25) is 0 Å². The van der Waals surface area contributed by atoms with Crippen molar-refractivity contribution < 1.29 is 0 Å². The second-order valence-electron chi connectivity index (χ2n) is 10.1. The first-order chi connectivity index (χ1) is 17.5. The fourth-order valence-corrected chi connectivity index (χ4v) is 7.18. The Morgan fingerprint density at radius 1 is 0.528 bits per heavy atom. The van der Waals surface area contributed by atoms with Gasteiger partial charge in [0.05, 0.1) is 0 Å². The summed E-state index contributed by atoms with van der Waals surface area (Å²) < 4.78 is 2.39. The van der Waals surface area contributed by atoms with Crippen molar-refractivity contribution in [3.63, 3.8) is 0 Å². The molecular formula is C34H28Br2. The summed E-state index contributed by atoms with van der Waals surface area (Å²) in [7, 11) is 0. The van der Waals surface area contributed by atoms with Crippen molar-refractivity contribution in [2.24, 2.45) is 0 Å². The normalized spacial score (nSPS) is 18.0. The molecule has 0 amide bonds. The van der Waals surface area contributed by atoms with Crippen LogP contribution in [0, 0.1) is 0 Å². The average Bonchev–Trinajstić information content (AvgIpc) is 3.39. The van der Waals surface area contributed by atoms with Crippen molar-refractivity contribution in [1.29, 1.82) is 0 Å². The van der Waals surface area contributed by atoms with E-state index in [4.69, 9.17) is 0 Å². The van der Waals surface area contributed by atoms with Gasteiger partial charge in [0.2, 0.25) is 0 Å². The van der Waals surface area contributed by atoms with Crippen LogP contribution in [0.3, 0.4) is 0 Å². The Kier molecular flexibility index (Phi) is 6.35. The first-order valence-electron chi connectivity index (χ1n) is 12.6. The zero-order valence-corrected chi connectivity index (χ0v) is 23.7. The van der Waals surface area contributed by atoms with E-state index >= 15 is 0 Å². The Bertz CT molecular complexity index is 1390. The molecule has 0 saturated carbocycles. The summed E-state index contributed by atoms with van der Waals surface area (Å²) in [6.07, 6.45) is 7.05. The Hall–Kier alpha value is -2.68. The molecule has 0 aromatic heterocycles. The van der Waals surface area contributed by atoms with Gasteiger partial charge in [-0.1, -0.05) is 116 Å². The average molecular weight is 596 g/mol. The minimum atomic E-state index is 0.456. The number of fused-ring (bicyclic) bond motifs is 2. The molecule has 178 valence electrons. The SMILES string of the molecule is CC1=Cc2c(Br)cc(-c3ccccc3)cc2C1CCC1C(C)=Cc2c(Br)cc(-c3ccccc3)cc21. The van der Waals surface area contributed by atoms with Crippen LogP contribution in [0.25, 0.3) is 34.4 Å². The van der Waals surface area contributed by atoms with Gasteiger partial charge < -0.3 is 0 Å². The van der Waals surface area contributed by atoms with Crippen molar-refractivity contribution in [2.45, 2.75) is 38.5 Å². The molecule has 36 heavy (non-hydrogen) atoms. The van der Waals surface area contributed by atoms with E-state index in [0.717, 1.165) is 12.8 Å². The van der Waals surface area contributed by atoms with E-state index in [1.807, 2.05) is 0 Å². The molecule has 0 bridgehead atoms. The molecule has 4 aromatic rings. The highest BCUT2D eigenvalue weighted by Crippen LogP contribution is 2.49. The van der Waals surface area contributed by atoms with Gasteiger partial charge in [0.25, 0.3) is 0 Å². The predicted octanol–water partition coefficient (Wildman–Crippen LogP) is 11.0. The molecule has 4 aromatic carbocycles. The van der Waals surface area contributed by atoms with Gasteiger partial charge in [-0.2, -0.15) is 0 Å². The summed E-state index contributed by atoms with van der Waals surface area (Å²) in [4.78, 5) is 0. The maximum absolute atomic E-state index is 3.88. The Morgan fingerprint density at radius 2 is 0.917 bits per heavy atom. The molecule has 0 fully saturated rings. The van der Waals surface area contributed by atoms with Crippen LogP contribution in [-0.2, 0) is 0 Å². The predicted molar refractivity (Wildman–Crippen MR) is 161 cm³/mol. The van der Waals surface area contributed by atoms with Gasteiger partial charge >= 0.3 is 0 Å². The lowest BCUT2D eigenvalue weighted by molar-refractivity contribution is 0.611. The number of allylic oxidation sites excluding steroid dienone is 2. The number of halogens is 2. The van der Waals surface area contributed by atoms with E-state index in [1.54, 1.807) is 0 Å². The molecule has 2 aliphatic rings. The third-order valence-electron chi connectivity index (χ3n) is 7.88. The van der Waals surface area contributed by atoms with E-state index in [-0.39, 0.29) is 0 Å². The molecule has 0 N–H and O–H groups in total. The topological polar surface area (TPSA) is 0 Å². The van der Waals surface area contributed by atoms with Crippen molar-refractivity contribution in [3.8, 4) is 22.3 Å². The number of hydrogen-bond donors (Lipinski definition) is 0. The molecule has 0 spiro atoms.